The van der Waals surface area contributed by atoms with Crippen molar-refractivity contribution in [3.05, 3.63) is 41.7 Å². The minimum absolute atomic E-state index is 0.0432. The number of H-pyrrole nitrogens is 1. The molecule has 8 nitrogen and oxygen atoms in total. The van der Waals surface area contributed by atoms with E-state index in [-0.39, 0.29) is 17.9 Å². The Balaban J connectivity index is 1.40. The summed E-state index contributed by atoms with van der Waals surface area (Å²) in [5.74, 6) is 1.41. The Morgan fingerprint density at radius 1 is 1.43 bits per heavy atom. The average Bonchev–Trinajstić information content (AvgIpc) is 3.39. The summed E-state index contributed by atoms with van der Waals surface area (Å²) >= 11 is 0. The Morgan fingerprint density at radius 3 is 3.04 bits per heavy atom. The van der Waals surface area contributed by atoms with E-state index in [1.54, 1.807) is 6.92 Å². The lowest BCUT2D eigenvalue weighted by Crippen LogP contribution is -2.40. The molecular formula is C20H26N6O2. The molecule has 0 bridgehead atoms. The molecule has 2 aromatic heterocycles. The molecule has 28 heavy (non-hydrogen) atoms. The van der Waals surface area contributed by atoms with Gasteiger partial charge in [-0.15, -0.1) is 0 Å². The predicted octanol–water partition coefficient (Wildman–Crippen LogP) is 2.69. The summed E-state index contributed by atoms with van der Waals surface area (Å²) in [7, 11) is 0. The number of nitrogens with one attached hydrogen (secondary N) is 1. The van der Waals surface area contributed by atoms with Crippen molar-refractivity contribution in [1.82, 2.24) is 30.1 Å². The Labute approximate surface area is 163 Å². The molecule has 1 aliphatic heterocycles. The molecule has 3 aromatic rings. The van der Waals surface area contributed by atoms with Crippen molar-refractivity contribution < 1.29 is 9.32 Å². The van der Waals surface area contributed by atoms with Crippen LogP contribution in [0.1, 0.15) is 50.4 Å². The Hall–Kier alpha value is -2.74. The highest BCUT2D eigenvalue weighted by atomic mass is 16.5. The Bertz CT molecular complexity index is 962. The maximum Gasteiger partial charge on any atom is 0.229 e. The van der Waals surface area contributed by atoms with E-state index in [1.165, 1.54) is 5.56 Å². The van der Waals surface area contributed by atoms with Gasteiger partial charge in [0.05, 0.1) is 18.3 Å². The lowest BCUT2D eigenvalue weighted by molar-refractivity contribution is -0.131. The standard InChI is InChI=1S/C20H26N6O2/c1-13(2)20-22-19(24-28-20)12-26(14(3)27)17-6-7-25(11-17)10-15-4-5-16-9-21-23-18(16)8-15/h4-5,8-9,13,17H,6-7,10-12H2,1-3H3,(H,21,23). The highest BCUT2D eigenvalue weighted by Gasteiger charge is 2.30. The quantitative estimate of drug-likeness (QED) is 0.705. The molecule has 1 aliphatic rings. The van der Waals surface area contributed by atoms with Crippen molar-refractivity contribution >= 4 is 16.8 Å². The Kier molecular flexibility index (Phi) is 5.13. The summed E-state index contributed by atoms with van der Waals surface area (Å²) in [6.45, 7) is 8.68. The van der Waals surface area contributed by atoms with Crippen LogP contribution in [0.3, 0.4) is 0 Å². The molecule has 1 fully saturated rings. The van der Waals surface area contributed by atoms with E-state index in [1.807, 2.05) is 24.9 Å². The van der Waals surface area contributed by atoms with E-state index in [9.17, 15) is 4.79 Å². The molecule has 3 heterocycles. The van der Waals surface area contributed by atoms with Crippen LogP contribution in [-0.4, -0.2) is 55.2 Å². The van der Waals surface area contributed by atoms with Gasteiger partial charge in [-0.1, -0.05) is 31.1 Å². The number of rotatable bonds is 6. The number of carbonyl (C=O) groups excluding carboxylic acids is 1. The van der Waals surface area contributed by atoms with E-state index in [0.29, 0.717) is 18.3 Å². The van der Waals surface area contributed by atoms with Gasteiger partial charge >= 0.3 is 0 Å². The molecule has 0 spiro atoms. The summed E-state index contributed by atoms with van der Waals surface area (Å²) in [6, 6.07) is 6.53. The fourth-order valence-corrected chi connectivity index (χ4v) is 3.77. The monoisotopic (exact) mass is 382 g/mol. The van der Waals surface area contributed by atoms with E-state index in [2.05, 4.69) is 43.4 Å². The Morgan fingerprint density at radius 2 is 2.29 bits per heavy atom. The average molecular weight is 382 g/mol. The second kappa shape index (κ2) is 7.71. The van der Waals surface area contributed by atoms with Gasteiger partial charge in [-0.25, -0.2) is 0 Å². The molecule has 0 aliphatic carbocycles. The molecule has 4 rings (SSSR count). The lowest BCUT2D eigenvalue weighted by Gasteiger charge is -2.27. The second-order valence-corrected chi connectivity index (χ2v) is 7.82. The predicted molar refractivity (Wildman–Crippen MR) is 104 cm³/mol. The van der Waals surface area contributed by atoms with Crippen molar-refractivity contribution in [2.24, 2.45) is 0 Å². The van der Waals surface area contributed by atoms with Crippen LogP contribution in [-0.2, 0) is 17.9 Å². The van der Waals surface area contributed by atoms with Gasteiger partial charge < -0.3 is 9.42 Å². The summed E-state index contributed by atoms with van der Waals surface area (Å²) < 4.78 is 5.28. The maximum absolute atomic E-state index is 12.3. The van der Waals surface area contributed by atoms with Crippen LogP contribution in [0.2, 0.25) is 0 Å². The lowest BCUT2D eigenvalue weighted by atomic mass is 10.1. The van der Waals surface area contributed by atoms with Crippen LogP contribution < -0.4 is 0 Å². The number of hydrogen-bond donors (Lipinski definition) is 1. The number of hydrogen-bond acceptors (Lipinski definition) is 6. The zero-order chi connectivity index (χ0) is 19.7. The van der Waals surface area contributed by atoms with E-state index >= 15 is 0 Å². The van der Waals surface area contributed by atoms with E-state index < -0.39 is 0 Å². The summed E-state index contributed by atoms with van der Waals surface area (Å²) in [6.07, 6.45) is 2.78. The summed E-state index contributed by atoms with van der Waals surface area (Å²) in [5.41, 5.74) is 2.29. The molecule has 1 unspecified atom stereocenters. The number of carbonyl (C=O) groups is 1. The highest BCUT2D eigenvalue weighted by Crippen LogP contribution is 2.22. The van der Waals surface area contributed by atoms with Crippen LogP contribution in [0.15, 0.2) is 28.9 Å². The van der Waals surface area contributed by atoms with Gasteiger partial charge in [0.2, 0.25) is 11.8 Å². The first-order valence-electron chi connectivity index (χ1n) is 9.73. The van der Waals surface area contributed by atoms with Gasteiger partial charge in [0.15, 0.2) is 5.82 Å². The zero-order valence-corrected chi connectivity index (χ0v) is 16.6. The number of likely N-dealkylation sites (tertiary alicyclic amines) is 1. The fourth-order valence-electron chi connectivity index (χ4n) is 3.77. The van der Waals surface area contributed by atoms with Crippen LogP contribution in [0, 0.1) is 0 Å². The molecule has 1 amide bonds. The zero-order valence-electron chi connectivity index (χ0n) is 16.6. The van der Waals surface area contributed by atoms with Crippen LogP contribution >= 0.6 is 0 Å². The van der Waals surface area contributed by atoms with Crippen LogP contribution in [0.5, 0.6) is 0 Å². The van der Waals surface area contributed by atoms with Gasteiger partial charge in [0.25, 0.3) is 0 Å². The maximum atomic E-state index is 12.3. The normalized spacial score (nSPS) is 17.6. The topological polar surface area (TPSA) is 91.2 Å². The fraction of sp³-hybridized carbons (Fsp3) is 0.500. The van der Waals surface area contributed by atoms with Crippen LogP contribution in [0.25, 0.3) is 10.9 Å². The van der Waals surface area contributed by atoms with Gasteiger partial charge in [0, 0.05) is 43.9 Å². The van der Waals surface area contributed by atoms with Crippen molar-refractivity contribution in [1.29, 1.82) is 0 Å². The first-order valence-corrected chi connectivity index (χ1v) is 9.73. The van der Waals surface area contributed by atoms with Crippen molar-refractivity contribution in [2.75, 3.05) is 13.1 Å². The van der Waals surface area contributed by atoms with Crippen molar-refractivity contribution in [3.63, 3.8) is 0 Å². The molecular weight excluding hydrogens is 356 g/mol. The third-order valence-electron chi connectivity index (χ3n) is 5.29. The molecule has 1 saturated heterocycles. The van der Waals surface area contributed by atoms with Gasteiger partial charge in [-0.2, -0.15) is 10.1 Å². The highest BCUT2D eigenvalue weighted by molar-refractivity contribution is 5.78. The molecule has 148 valence electrons. The van der Waals surface area contributed by atoms with Gasteiger partial charge in [-0.05, 0) is 18.1 Å². The minimum Gasteiger partial charge on any atom is -0.339 e. The number of benzene rings is 1. The minimum atomic E-state index is 0.0432. The first kappa shape index (κ1) is 18.6. The van der Waals surface area contributed by atoms with Gasteiger partial charge in [0.1, 0.15) is 0 Å². The summed E-state index contributed by atoms with van der Waals surface area (Å²) in [4.78, 5) is 20.9. The van der Waals surface area contributed by atoms with Crippen molar-refractivity contribution in [2.45, 2.75) is 52.2 Å². The third kappa shape index (κ3) is 3.91. The number of fused-ring (bicyclic) bond motifs is 1. The second-order valence-electron chi connectivity index (χ2n) is 7.82. The molecule has 1 aromatic carbocycles. The molecule has 1 N–H and O–H groups in total. The third-order valence-corrected chi connectivity index (χ3v) is 5.29. The smallest absolute Gasteiger partial charge is 0.229 e. The molecule has 0 radical (unpaired) electrons. The van der Waals surface area contributed by atoms with E-state index in [4.69, 9.17) is 4.52 Å². The number of nitrogens with zero attached hydrogens (tertiary/aromatic N) is 5. The summed E-state index contributed by atoms with van der Waals surface area (Å²) in [5, 5.41) is 12.3. The van der Waals surface area contributed by atoms with Gasteiger partial charge in [-0.3, -0.25) is 14.8 Å². The molecule has 8 heteroatoms. The first-order chi connectivity index (χ1) is 13.5. The molecule has 0 saturated carbocycles. The SMILES string of the molecule is CC(=O)N(Cc1noc(C(C)C)n1)C1CCN(Cc2ccc3cn[nH]c3c2)C1. The van der Waals surface area contributed by atoms with Crippen molar-refractivity contribution in [3.8, 4) is 0 Å². The van der Waals surface area contributed by atoms with Crippen LogP contribution in [0.4, 0.5) is 0 Å². The van der Waals surface area contributed by atoms with E-state index in [0.717, 1.165) is 37.0 Å². The number of aromatic nitrogens is 4. The number of aromatic amines is 1. The largest absolute Gasteiger partial charge is 0.339 e. The number of amides is 1. The molecule has 1 atom stereocenters.